The SMILES string of the molecule is CCC(=O)Nc1ccc(Sc2nc(Nc3cc(C)[nH]n3)cc(N3CCC(C)(N4CCCC4)CC3)n2)cc1. The van der Waals surface area contributed by atoms with E-state index >= 15 is 0 Å². The van der Waals surface area contributed by atoms with E-state index < -0.39 is 0 Å². The summed E-state index contributed by atoms with van der Waals surface area (Å²) in [6.45, 7) is 10.6. The highest BCUT2D eigenvalue weighted by Gasteiger charge is 2.37. The highest BCUT2D eigenvalue weighted by atomic mass is 32.2. The van der Waals surface area contributed by atoms with Crippen molar-refractivity contribution >= 4 is 40.8 Å². The van der Waals surface area contributed by atoms with Crippen molar-refractivity contribution in [1.29, 1.82) is 0 Å². The molecular formula is C27H36N8OS. The summed E-state index contributed by atoms with van der Waals surface area (Å²) in [6.07, 6.45) is 5.35. The topological polar surface area (TPSA) is 102 Å². The first-order valence-corrected chi connectivity index (χ1v) is 14.0. The Bertz CT molecular complexity index is 1210. The normalized spacial score (nSPS) is 17.6. The van der Waals surface area contributed by atoms with Crippen LogP contribution in [0.4, 0.5) is 23.1 Å². The zero-order valence-electron chi connectivity index (χ0n) is 21.9. The van der Waals surface area contributed by atoms with Crippen LogP contribution in [-0.4, -0.2) is 62.7 Å². The Morgan fingerprint density at radius 3 is 2.43 bits per heavy atom. The highest BCUT2D eigenvalue weighted by molar-refractivity contribution is 7.99. The van der Waals surface area contributed by atoms with Crippen molar-refractivity contribution in [3.63, 3.8) is 0 Å². The largest absolute Gasteiger partial charge is 0.356 e. The highest BCUT2D eigenvalue weighted by Crippen LogP contribution is 2.35. The van der Waals surface area contributed by atoms with Gasteiger partial charge in [-0.25, -0.2) is 9.97 Å². The Balaban J connectivity index is 1.35. The Kier molecular flexibility index (Phi) is 7.66. The summed E-state index contributed by atoms with van der Waals surface area (Å²) < 4.78 is 0. The lowest BCUT2D eigenvalue weighted by Gasteiger charge is -2.45. The molecule has 9 nitrogen and oxygen atoms in total. The van der Waals surface area contributed by atoms with E-state index in [1.165, 1.54) is 37.7 Å². The molecule has 0 aliphatic carbocycles. The van der Waals surface area contributed by atoms with Crippen molar-refractivity contribution in [2.45, 2.75) is 68.5 Å². The van der Waals surface area contributed by atoms with E-state index in [1.807, 2.05) is 50.2 Å². The van der Waals surface area contributed by atoms with Crippen molar-refractivity contribution in [3.05, 3.63) is 42.1 Å². The van der Waals surface area contributed by atoms with Crippen LogP contribution in [0.1, 0.15) is 51.6 Å². The van der Waals surface area contributed by atoms with E-state index in [-0.39, 0.29) is 11.4 Å². The van der Waals surface area contributed by atoms with Gasteiger partial charge in [0.05, 0.1) is 0 Å². The molecule has 2 aliphatic rings. The van der Waals surface area contributed by atoms with Crippen LogP contribution in [0.25, 0.3) is 0 Å². The number of hydrogen-bond acceptors (Lipinski definition) is 8. The molecule has 2 saturated heterocycles. The van der Waals surface area contributed by atoms with Crippen LogP contribution in [-0.2, 0) is 4.79 Å². The van der Waals surface area contributed by atoms with E-state index in [1.54, 1.807) is 0 Å². The molecule has 0 radical (unpaired) electrons. The molecule has 10 heteroatoms. The molecule has 3 N–H and O–H groups in total. The number of carbonyl (C=O) groups is 1. The van der Waals surface area contributed by atoms with Gasteiger partial charge in [-0.15, -0.1) is 0 Å². The van der Waals surface area contributed by atoms with Crippen LogP contribution in [0.3, 0.4) is 0 Å². The Hall–Kier alpha value is -3.11. The van der Waals surface area contributed by atoms with E-state index in [9.17, 15) is 4.79 Å². The number of benzene rings is 1. The average molecular weight is 521 g/mol. The third-order valence-electron chi connectivity index (χ3n) is 7.36. The summed E-state index contributed by atoms with van der Waals surface area (Å²) >= 11 is 1.51. The number of aryl methyl sites for hydroxylation is 1. The maximum Gasteiger partial charge on any atom is 0.224 e. The molecule has 4 heterocycles. The number of H-pyrrole nitrogens is 1. The van der Waals surface area contributed by atoms with E-state index in [4.69, 9.17) is 9.97 Å². The van der Waals surface area contributed by atoms with Crippen LogP contribution >= 0.6 is 11.8 Å². The van der Waals surface area contributed by atoms with Crippen LogP contribution < -0.4 is 15.5 Å². The van der Waals surface area contributed by atoms with Crippen LogP contribution in [0.5, 0.6) is 0 Å². The summed E-state index contributed by atoms with van der Waals surface area (Å²) in [5.74, 6) is 2.39. The van der Waals surface area contributed by atoms with Crippen molar-refractivity contribution in [1.82, 2.24) is 25.1 Å². The molecule has 0 unspecified atom stereocenters. The number of nitrogens with zero attached hydrogens (tertiary/aromatic N) is 5. The third-order valence-corrected chi connectivity index (χ3v) is 8.23. The zero-order valence-corrected chi connectivity index (χ0v) is 22.7. The molecule has 2 fully saturated rings. The number of likely N-dealkylation sites (tertiary alicyclic amines) is 1. The van der Waals surface area contributed by atoms with Crippen molar-refractivity contribution in [2.75, 3.05) is 41.7 Å². The quantitative estimate of drug-likeness (QED) is 0.348. The van der Waals surface area contributed by atoms with Gasteiger partial charge >= 0.3 is 0 Å². The number of anilines is 4. The van der Waals surface area contributed by atoms with Gasteiger partial charge in [0.2, 0.25) is 5.91 Å². The summed E-state index contributed by atoms with van der Waals surface area (Å²) in [5, 5.41) is 14.2. The number of aromatic amines is 1. The molecule has 0 spiro atoms. The fourth-order valence-corrected chi connectivity index (χ4v) is 5.82. The number of amides is 1. The first-order valence-electron chi connectivity index (χ1n) is 13.2. The molecule has 0 atom stereocenters. The summed E-state index contributed by atoms with van der Waals surface area (Å²) in [4.78, 5) is 27.5. The molecule has 3 aromatic rings. The molecule has 0 saturated carbocycles. The predicted octanol–water partition coefficient (Wildman–Crippen LogP) is 5.21. The van der Waals surface area contributed by atoms with Gasteiger partial charge in [0, 0.05) is 53.5 Å². The van der Waals surface area contributed by atoms with Gasteiger partial charge in [0.25, 0.3) is 0 Å². The predicted molar refractivity (Wildman–Crippen MR) is 149 cm³/mol. The second-order valence-corrected chi connectivity index (χ2v) is 11.2. The van der Waals surface area contributed by atoms with Gasteiger partial charge in [-0.3, -0.25) is 14.8 Å². The monoisotopic (exact) mass is 520 g/mol. The molecule has 5 rings (SSSR count). The van der Waals surface area contributed by atoms with E-state index in [2.05, 4.69) is 37.6 Å². The maximum absolute atomic E-state index is 11.7. The van der Waals surface area contributed by atoms with E-state index in [0.29, 0.717) is 11.6 Å². The minimum Gasteiger partial charge on any atom is -0.356 e. The molecule has 2 aliphatic heterocycles. The number of nitrogens with one attached hydrogen (secondary N) is 3. The molecule has 0 bridgehead atoms. The first kappa shape index (κ1) is 25.5. The first-order chi connectivity index (χ1) is 17.9. The fourth-order valence-electron chi connectivity index (χ4n) is 5.05. The van der Waals surface area contributed by atoms with Gasteiger partial charge in [-0.1, -0.05) is 6.92 Å². The lowest BCUT2D eigenvalue weighted by Crippen LogP contribution is -2.52. The Labute approximate surface area is 222 Å². The van der Waals surface area contributed by atoms with Crippen LogP contribution in [0.2, 0.25) is 0 Å². The molecular weight excluding hydrogens is 484 g/mol. The number of carbonyl (C=O) groups excluding carboxylic acids is 1. The van der Waals surface area contributed by atoms with Gasteiger partial charge < -0.3 is 15.5 Å². The van der Waals surface area contributed by atoms with Crippen molar-refractivity contribution < 1.29 is 4.79 Å². The number of hydrogen-bond donors (Lipinski definition) is 3. The van der Waals surface area contributed by atoms with E-state index in [0.717, 1.165) is 59.7 Å². The fraction of sp³-hybridized carbons (Fsp3) is 0.481. The Morgan fingerprint density at radius 1 is 1.05 bits per heavy atom. The summed E-state index contributed by atoms with van der Waals surface area (Å²) in [7, 11) is 0. The minimum absolute atomic E-state index is 0.00289. The smallest absolute Gasteiger partial charge is 0.224 e. The molecule has 1 amide bonds. The lowest BCUT2D eigenvalue weighted by molar-refractivity contribution is -0.115. The molecule has 2 aromatic heterocycles. The third kappa shape index (κ3) is 6.24. The van der Waals surface area contributed by atoms with Gasteiger partial charge in [-0.05, 0) is 88.6 Å². The van der Waals surface area contributed by atoms with Crippen LogP contribution in [0, 0.1) is 6.92 Å². The zero-order chi connectivity index (χ0) is 25.8. The molecule has 196 valence electrons. The van der Waals surface area contributed by atoms with Crippen molar-refractivity contribution in [3.8, 4) is 0 Å². The second kappa shape index (κ2) is 11.1. The average Bonchev–Trinajstić information content (AvgIpc) is 3.58. The van der Waals surface area contributed by atoms with Gasteiger partial charge in [-0.2, -0.15) is 5.10 Å². The number of aromatic nitrogens is 4. The lowest BCUT2D eigenvalue weighted by atomic mass is 9.88. The van der Waals surface area contributed by atoms with Crippen molar-refractivity contribution in [2.24, 2.45) is 0 Å². The number of piperidine rings is 1. The minimum atomic E-state index is 0.00289. The molecule has 37 heavy (non-hydrogen) atoms. The molecule has 1 aromatic carbocycles. The van der Waals surface area contributed by atoms with Gasteiger partial charge in [0.15, 0.2) is 11.0 Å². The standard InChI is InChI=1S/C27H36N8OS/c1-4-25(36)28-20-7-9-21(10-8-20)37-26-30-22(29-23-17-19(2)32-33-23)18-24(31-26)34-15-11-27(3,12-16-34)35-13-5-6-14-35/h7-10,17-18H,4-6,11-16H2,1-3H3,(H,28,36)(H2,29,30,31,32,33). The maximum atomic E-state index is 11.7. The summed E-state index contributed by atoms with van der Waals surface area (Å²) in [5.41, 5.74) is 2.05. The van der Waals surface area contributed by atoms with Gasteiger partial charge in [0.1, 0.15) is 11.6 Å². The van der Waals surface area contributed by atoms with Crippen LogP contribution in [0.15, 0.2) is 46.5 Å². The number of rotatable bonds is 8. The summed E-state index contributed by atoms with van der Waals surface area (Å²) in [6, 6.07) is 11.8. The Morgan fingerprint density at radius 2 is 1.78 bits per heavy atom. The second-order valence-electron chi connectivity index (χ2n) is 10.2.